The van der Waals surface area contributed by atoms with E-state index in [0.29, 0.717) is 18.9 Å². The molecule has 0 bridgehead atoms. The van der Waals surface area contributed by atoms with E-state index in [0.717, 1.165) is 19.4 Å². The van der Waals surface area contributed by atoms with E-state index in [9.17, 15) is 17.6 Å². The van der Waals surface area contributed by atoms with Crippen LogP contribution in [0, 0.1) is 24.2 Å². The predicted octanol–water partition coefficient (Wildman–Crippen LogP) is 3.28. The zero-order valence-electron chi connectivity index (χ0n) is 13.8. The number of rotatable bonds is 3. The summed E-state index contributed by atoms with van der Waals surface area (Å²) in [6, 6.07) is 0.216. The zero-order chi connectivity index (χ0) is 18.2. The summed E-state index contributed by atoms with van der Waals surface area (Å²) >= 11 is 6.07. The van der Waals surface area contributed by atoms with E-state index in [1.807, 2.05) is 5.01 Å². The highest BCUT2D eigenvalue weighted by molar-refractivity contribution is 6.21. The van der Waals surface area contributed by atoms with Crippen molar-refractivity contribution in [3.63, 3.8) is 0 Å². The van der Waals surface area contributed by atoms with Crippen molar-refractivity contribution in [2.75, 3.05) is 13.1 Å². The molecule has 8 heteroatoms. The highest BCUT2D eigenvalue weighted by Crippen LogP contribution is 2.43. The summed E-state index contributed by atoms with van der Waals surface area (Å²) in [7, 11) is 0. The van der Waals surface area contributed by atoms with E-state index in [4.69, 9.17) is 22.8 Å². The fraction of sp³-hybridized carbons (Fsp3) is 0.882. The van der Waals surface area contributed by atoms with Crippen molar-refractivity contribution in [2.45, 2.75) is 68.1 Å². The Hall–Kier alpha value is -0.550. The van der Waals surface area contributed by atoms with E-state index in [2.05, 4.69) is 11.3 Å². The molecule has 3 rings (SSSR count). The maximum Gasteiger partial charge on any atom is 0.391 e. The first-order valence-electron chi connectivity index (χ1n) is 8.73. The quantitative estimate of drug-likeness (QED) is 0.460. The van der Waals surface area contributed by atoms with Crippen molar-refractivity contribution < 1.29 is 22.3 Å². The van der Waals surface area contributed by atoms with Gasteiger partial charge in [-0.15, -0.1) is 18.0 Å². The van der Waals surface area contributed by atoms with Crippen LogP contribution in [-0.2, 0) is 4.74 Å². The van der Waals surface area contributed by atoms with Crippen LogP contribution in [0.5, 0.6) is 0 Å². The van der Waals surface area contributed by atoms with Gasteiger partial charge in [0, 0.05) is 12.6 Å². The highest BCUT2D eigenvalue weighted by atomic mass is 35.5. The van der Waals surface area contributed by atoms with Gasteiger partial charge in [0.2, 0.25) is 0 Å². The largest absolute Gasteiger partial charge is 0.391 e. The second-order valence-corrected chi connectivity index (χ2v) is 7.86. The Morgan fingerprint density at radius 3 is 2.64 bits per heavy atom. The summed E-state index contributed by atoms with van der Waals surface area (Å²) in [4.78, 5) is 0. The minimum Gasteiger partial charge on any atom is -0.370 e. The second kappa shape index (κ2) is 7.59. The van der Waals surface area contributed by atoms with Crippen LogP contribution < -0.4 is 5.43 Å². The lowest BCUT2D eigenvalue weighted by molar-refractivity contribution is -0.199. The van der Waals surface area contributed by atoms with Gasteiger partial charge in [0.15, 0.2) is 0 Å². The third kappa shape index (κ3) is 4.24. The lowest BCUT2D eigenvalue weighted by atomic mass is 9.82. The topological polar surface area (TPSA) is 24.5 Å². The molecule has 3 nitrogen and oxygen atoms in total. The van der Waals surface area contributed by atoms with E-state index in [1.165, 1.54) is 0 Å². The van der Waals surface area contributed by atoms with Crippen LogP contribution in [0.4, 0.5) is 17.6 Å². The molecule has 142 valence electrons. The van der Waals surface area contributed by atoms with Crippen molar-refractivity contribution in [1.82, 2.24) is 10.4 Å². The van der Waals surface area contributed by atoms with Crippen molar-refractivity contribution in [2.24, 2.45) is 11.8 Å². The summed E-state index contributed by atoms with van der Waals surface area (Å²) in [5, 5.41) is 1.04. The fourth-order valence-corrected chi connectivity index (χ4v) is 4.77. The molecule has 2 aliphatic carbocycles. The number of hydrazine groups is 1. The number of nitrogens with one attached hydrogen (secondary N) is 1. The molecule has 3 fully saturated rings. The molecular weight excluding hydrogens is 360 g/mol. The van der Waals surface area contributed by atoms with E-state index >= 15 is 0 Å². The monoisotopic (exact) mass is 382 g/mol. The van der Waals surface area contributed by atoms with Crippen LogP contribution in [0.25, 0.3) is 0 Å². The zero-order valence-corrected chi connectivity index (χ0v) is 14.6. The first-order chi connectivity index (χ1) is 11.8. The molecule has 25 heavy (non-hydrogen) atoms. The minimum absolute atomic E-state index is 0.201. The first-order valence-corrected chi connectivity index (χ1v) is 9.17. The van der Waals surface area contributed by atoms with Gasteiger partial charge in [0.1, 0.15) is 12.3 Å². The van der Waals surface area contributed by atoms with Crippen LogP contribution in [0.15, 0.2) is 0 Å². The Balaban J connectivity index is 1.58. The average Bonchev–Trinajstić information content (AvgIpc) is 2.93. The van der Waals surface area contributed by atoms with Gasteiger partial charge < -0.3 is 4.74 Å². The average molecular weight is 383 g/mol. The predicted molar refractivity (Wildman–Crippen MR) is 86.6 cm³/mol. The lowest BCUT2D eigenvalue weighted by Crippen LogP contribution is -2.49. The molecule has 1 heterocycles. The summed E-state index contributed by atoms with van der Waals surface area (Å²) in [5.41, 5.74) is 3.27. The van der Waals surface area contributed by atoms with Gasteiger partial charge in [-0.1, -0.05) is 5.92 Å². The summed E-state index contributed by atoms with van der Waals surface area (Å²) in [5.74, 6) is 1.39. The molecule has 0 amide bonds. The number of alkyl halides is 5. The molecule has 7 unspecified atom stereocenters. The van der Waals surface area contributed by atoms with Crippen LogP contribution in [0.2, 0.25) is 0 Å². The van der Waals surface area contributed by atoms with Crippen molar-refractivity contribution in [3.8, 4) is 12.3 Å². The Labute approximate surface area is 150 Å². The van der Waals surface area contributed by atoms with Crippen molar-refractivity contribution >= 4 is 11.6 Å². The molecule has 7 atom stereocenters. The van der Waals surface area contributed by atoms with Gasteiger partial charge in [-0.25, -0.2) is 9.40 Å². The summed E-state index contributed by atoms with van der Waals surface area (Å²) in [6.45, 7) is 1.34. The number of hydrogen-bond donors (Lipinski definition) is 1. The third-order valence-electron chi connectivity index (χ3n) is 5.67. The number of terminal acetylenes is 1. The van der Waals surface area contributed by atoms with Crippen LogP contribution >= 0.6 is 11.6 Å². The number of nitrogens with zero attached hydrogens (tertiary/aromatic N) is 1. The van der Waals surface area contributed by atoms with Crippen molar-refractivity contribution in [3.05, 3.63) is 0 Å². The van der Waals surface area contributed by atoms with Gasteiger partial charge in [-0.2, -0.15) is 13.2 Å². The number of fused-ring (bicyclic) bond motifs is 1. The first kappa shape index (κ1) is 19.2. The Morgan fingerprint density at radius 2 is 2.00 bits per heavy atom. The van der Waals surface area contributed by atoms with E-state index < -0.39 is 36.2 Å². The standard InChI is InChI=1S/C17H23ClF4N2O/c1-2-5-24-15-8-12(4-3-10(15)9-23-24)25-16-13(18)6-11(7-14(16)19)17(20,21)22/h1,10-16,23H,3-9H2. The molecule has 0 aromatic carbocycles. The van der Waals surface area contributed by atoms with Gasteiger partial charge in [-0.05, 0) is 38.0 Å². The molecule has 2 saturated carbocycles. The number of hydrogen-bond acceptors (Lipinski definition) is 3. The van der Waals surface area contributed by atoms with E-state index in [1.54, 1.807) is 0 Å². The minimum atomic E-state index is -4.41. The maximum atomic E-state index is 14.3. The van der Waals surface area contributed by atoms with Gasteiger partial charge >= 0.3 is 6.18 Å². The summed E-state index contributed by atoms with van der Waals surface area (Å²) in [6.07, 6.45) is -0.383. The van der Waals surface area contributed by atoms with Gasteiger partial charge in [-0.3, -0.25) is 5.43 Å². The SMILES string of the molecule is C#CCN1NCC2CCC(OC3C(F)CC(C(F)(F)F)CC3Cl)CC21. The van der Waals surface area contributed by atoms with Crippen LogP contribution in [0.3, 0.4) is 0 Å². The number of halogens is 5. The molecule has 0 aromatic heterocycles. The maximum absolute atomic E-state index is 14.3. The highest BCUT2D eigenvalue weighted by Gasteiger charge is 2.50. The smallest absolute Gasteiger partial charge is 0.370 e. The lowest BCUT2D eigenvalue weighted by Gasteiger charge is -2.40. The number of ether oxygens (including phenoxy) is 1. The Morgan fingerprint density at radius 1 is 1.24 bits per heavy atom. The van der Waals surface area contributed by atoms with Crippen molar-refractivity contribution in [1.29, 1.82) is 0 Å². The molecule has 1 N–H and O–H groups in total. The molecule has 1 saturated heterocycles. The third-order valence-corrected chi connectivity index (χ3v) is 6.10. The molecule has 0 radical (unpaired) electrons. The van der Waals surface area contributed by atoms with Gasteiger partial charge in [0.25, 0.3) is 0 Å². The van der Waals surface area contributed by atoms with Gasteiger partial charge in [0.05, 0.1) is 23.9 Å². The molecule has 0 aromatic rings. The fourth-order valence-electron chi connectivity index (χ4n) is 4.33. The molecular formula is C17H23ClF4N2O. The molecule has 0 spiro atoms. The van der Waals surface area contributed by atoms with E-state index in [-0.39, 0.29) is 18.6 Å². The van der Waals surface area contributed by atoms with Crippen LogP contribution in [-0.4, -0.2) is 54.1 Å². The Bertz CT molecular complexity index is 500. The summed E-state index contributed by atoms with van der Waals surface area (Å²) < 4.78 is 58.7. The molecule has 3 aliphatic rings. The second-order valence-electron chi connectivity index (χ2n) is 7.30. The molecule has 1 aliphatic heterocycles. The normalized spacial score (nSPS) is 42.8. The van der Waals surface area contributed by atoms with Crippen LogP contribution in [0.1, 0.15) is 32.1 Å². The Kier molecular flexibility index (Phi) is 5.84.